The summed E-state index contributed by atoms with van der Waals surface area (Å²) in [5, 5.41) is 4.83. The van der Waals surface area contributed by atoms with Gasteiger partial charge >= 0.3 is 0 Å². The van der Waals surface area contributed by atoms with E-state index in [0.29, 0.717) is 0 Å². The molecule has 0 unspecified atom stereocenters. The normalized spacial score (nSPS) is 16.1. The Balaban J connectivity index is 1.78. The van der Waals surface area contributed by atoms with E-state index in [1.54, 1.807) is 0 Å². The van der Waals surface area contributed by atoms with Crippen LogP contribution in [0.2, 0.25) is 0 Å². The van der Waals surface area contributed by atoms with Crippen molar-refractivity contribution in [2.24, 2.45) is 0 Å². The van der Waals surface area contributed by atoms with Crippen LogP contribution in [0.5, 0.6) is 0 Å². The fourth-order valence-corrected chi connectivity index (χ4v) is 2.26. The van der Waals surface area contributed by atoms with Gasteiger partial charge in [-0.2, -0.15) is 0 Å². The molecule has 1 heterocycles. The summed E-state index contributed by atoms with van der Waals surface area (Å²) in [6.07, 6.45) is 4.07. The van der Waals surface area contributed by atoms with Crippen molar-refractivity contribution >= 4 is 10.9 Å². The van der Waals surface area contributed by atoms with Crippen molar-refractivity contribution in [3.8, 4) is 0 Å². The zero-order valence-corrected chi connectivity index (χ0v) is 10.2. The number of aryl methyl sites for hydroxylation is 1. The second-order valence-electron chi connectivity index (χ2n) is 4.99. The summed E-state index contributed by atoms with van der Waals surface area (Å²) in [5.41, 5.74) is 3.53. The van der Waals surface area contributed by atoms with Crippen LogP contribution in [0.15, 0.2) is 30.3 Å². The first-order chi connectivity index (χ1) is 8.31. The van der Waals surface area contributed by atoms with Crippen LogP contribution in [0.4, 0.5) is 0 Å². The second kappa shape index (κ2) is 4.46. The second-order valence-corrected chi connectivity index (χ2v) is 4.99. The van der Waals surface area contributed by atoms with Gasteiger partial charge in [-0.05, 0) is 43.5 Å². The van der Waals surface area contributed by atoms with E-state index in [2.05, 4.69) is 40.6 Å². The highest BCUT2D eigenvalue weighted by Crippen LogP contribution is 2.19. The standard InChI is InChI=1S/C15H18N2/c1-11-5-7-13-9-12(6-8-15(13)17-11)10-16-14-3-2-4-14/h5-9,14,16H,2-4,10H2,1H3. The fourth-order valence-electron chi connectivity index (χ4n) is 2.26. The van der Waals surface area contributed by atoms with Crippen molar-refractivity contribution in [1.82, 2.24) is 10.3 Å². The SMILES string of the molecule is Cc1ccc2cc(CNC3CCC3)ccc2n1. The third-order valence-corrected chi connectivity index (χ3v) is 3.59. The molecular weight excluding hydrogens is 208 g/mol. The van der Waals surface area contributed by atoms with E-state index in [9.17, 15) is 0 Å². The van der Waals surface area contributed by atoms with Crippen molar-refractivity contribution in [3.05, 3.63) is 41.6 Å². The zero-order chi connectivity index (χ0) is 11.7. The van der Waals surface area contributed by atoms with E-state index in [-0.39, 0.29) is 0 Å². The Hall–Kier alpha value is -1.41. The molecule has 3 rings (SSSR count). The van der Waals surface area contributed by atoms with Crippen LogP contribution in [-0.2, 0) is 6.54 Å². The molecule has 1 aromatic carbocycles. The molecule has 0 atom stereocenters. The molecular formula is C15H18N2. The van der Waals surface area contributed by atoms with Gasteiger partial charge in [-0.15, -0.1) is 0 Å². The monoisotopic (exact) mass is 226 g/mol. The summed E-state index contributed by atoms with van der Waals surface area (Å²) in [5.74, 6) is 0. The summed E-state index contributed by atoms with van der Waals surface area (Å²) in [6, 6.07) is 11.5. The Bertz CT molecular complexity index is 529. The molecule has 88 valence electrons. The molecule has 1 saturated carbocycles. The number of hydrogen-bond acceptors (Lipinski definition) is 2. The summed E-state index contributed by atoms with van der Waals surface area (Å²) in [7, 11) is 0. The topological polar surface area (TPSA) is 24.9 Å². The molecule has 1 N–H and O–H groups in total. The van der Waals surface area contributed by atoms with Crippen molar-refractivity contribution in [3.63, 3.8) is 0 Å². The van der Waals surface area contributed by atoms with Gasteiger partial charge in [-0.25, -0.2) is 0 Å². The molecule has 1 aliphatic carbocycles. The lowest BCUT2D eigenvalue weighted by Gasteiger charge is -2.26. The molecule has 0 spiro atoms. The van der Waals surface area contributed by atoms with Gasteiger partial charge in [0.1, 0.15) is 0 Å². The van der Waals surface area contributed by atoms with Gasteiger partial charge in [0.15, 0.2) is 0 Å². The highest BCUT2D eigenvalue weighted by molar-refractivity contribution is 5.79. The zero-order valence-electron chi connectivity index (χ0n) is 10.2. The first kappa shape index (κ1) is 10.7. The third-order valence-electron chi connectivity index (χ3n) is 3.59. The van der Waals surface area contributed by atoms with Gasteiger partial charge in [-0.1, -0.05) is 18.6 Å². The minimum Gasteiger partial charge on any atom is -0.310 e. The summed E-state index contributed by atoms with van der Waals surface area (Å²) < 4.78 is 0. The number of benzene rings is 1. The lowest BCUT2D eigenvalue weighted by atomic mass is 9.93. The Morgan fingerprint density at radius 3 is 2.88 bits per heavy atom. The minimum absolute atomic E-state index is 0.752. The van der Waals surface area contributed by atoms with Crippen molar-refractivity contribution in [2.75, 3.05) is 0 Å². The maximum Gasteiger partial charge on any atom is 0.0705 e. The maximum atomic E-state index is 4.52. The van der Waals surface area contributed by atoms with Crippen LogP contribution in [0.3, 0.4) is 0 Å². The number of hydrogen-bond donors (Lipinski definition) is 1. The largest absolute Gasteiger partial charge is 0.310 e. The van der Waals surface area contributed by atoms with E-state index in [0.717, 1.165) is 23.8 Å². The van der Waals surface area contributed by atoms with Gasteiger partial charge < -0.3 is 5.32 Å². The van der Waals surface area contributed by atoms with Crippen LogP contribution in [0.25, 0.3) is 10.9 Å². The van der Waals surface area contributed by atoms with Crippen LogP contribution in [-0.4, -0.2) is 11.0 Å². The number of nitrogens with one attached hydrogen (secondary N) is 1. The maximum absolute atomic E-state index is 4.52. The predicted molar refractivity (Wildman–Crippen MR) is 71.0 cm³/mol. The van der Waals surface area contributed by atoms with Crippen LogP contribution < -0.4 is 5.32 Å². The Kier molecular flexibility index (Phi) is 2.81. The lowest BCUT2D eigenvalue weighted by Crippen LogP contribution is -2.34. The molecule has 1 aromatic heterocycles. The highest BCUT2D eigenvalue weighted by atomic mass is 14.9. The van der Waals surface area contributed by atoms with Crippen molar-refractivity contribution in [1.29, 1.82) is 0 Å². The number of nitrogens with zero attached hydrogens (tertiary/aromatic N) is 1. The molecule has 1 fully saturated rings. The number of fused-ring (bicyclic) bond motifs is 1. The third kappa shape index (κ3) is 2.32. The Morgan fingerprint density at radius 1 is 1.24 bits per heavy atom. The Labute approximate surface area is 102 Å². The van der Waals surface area contributed by atoms with Crippen molar-refractivity contribution in [2.45, 2.75) is 38.8 Å². The number of rotatable bonds is 3. The average Bonchev–Trinajstić information content (AvgIpc) is 2.27. The highest BCUT2D eigenvalue weighted by Gasteiger charge is 2.15. The van der Waals surface area contributed by atoms with Crippen molar-refractivity contribution < 1.29 is 0 Å². The van der Waals surface area contributed by atoms with Crippen LogP contribution >= 0.6 is 0 Å². The van der Waals surface area contributed by atoms with E-state index < -0.39 is 0 Å². The Morgan fingerprint density at radius 2 is 2.12 bits per heavy atom. The van der Waals surface area contributed by atoms with Crippen LogP contribution in [0.1, 0.15) is 30.5 Å². The molecule has 2 heteroatoms. The molecule has 0 aliphatic heterocycles. The van der Waals surface area contributed by atoms with Gasteiger partial charge in [0, 0.05) is 23.7 Å². The molecule has 0 radical (unpaired) electrons. The minimum atomic E-state index is 0.752. The van der Waals surface area contributed by atoms with E-state index in [4.69, 9.17) is 0 Å². The predicted octanol–water partition coefficient (Wildman–Crippen LogP) is 3.19. The number of aromatic nitrogens is 1. The summed E-state index contributed by atoms with van der Waals surface area (Å²) in [6.45, 7) is 3.01. The molecule has 0 bridgehead atoms. The fraction of sp³-hybridized carbons (Fsp3) is 0.400. The molecule has 2 aromatic rings. The first-order valence-electron chi connectivity index (χ1n) is 6.41. The van der Waals surface area contributed by atoms with E-state index in [1.165, 1.54) is 30.2 Å². The van der Waals surface area contributed by atoms with Gasteiger partial charge in [0.25, 0.3) is 0 Å². The lowest BCUT2D eigenvalue weighted by molar-refractivity contribution is 0.338. The first-order valence-corrected chi connectivity index (χ1v) is 6.41. The number of pyridine rings is 1. The molecule has 0 amide bonds. The molecule has 2 nitrogen and oxygen atoms in total. The average molecular weight is 226 g/mol. The van der Waals surface area contributed by atoms with E-state index >= 15 is 0 Å². The van der Waals surface area contributed by atoms with Gasteiger partial charge in [0.05, 0.1) is 5.52 Å². The van der Waals surface area contributed by atoms with Gasteiger partial charge in [0.2, 0.25) is 0 Å². The van der Waals surface area contributed by atoms with E-state index in [1.807, 2.05) is 6.92 Å². The van der Waals surface area contributed by atoms with Crippen LogP contribution in [0, 0.1) is 6.92 Å². The molecule has 0 saturated heterocycles. The molecule has 17 heavy (non-hydrogen) atoms. The smallest absolute Gasteiger partial charge is 0.0705 e. The quantitative estimate of drug-likeness (QED) is 0.869. The summed E-state index contributed by atoms with van der Waals surface area (Å²) in [4.78, 5) is 4.52. The molecule has 1 aliphatic rings. The summed E-state index contributed by atoms with van der Waals surface area (Å²) >= 11 is 0. The van der Waals surface area contributed by atoms with Gasteiger partial charge in [-0.3, -0.25) is 4.98 Å².